The van der Waals surface area contributed by atoms with E-state index in [0.29, 0.717) is 16.9 Å². The molecule has 0 atom stereocenters. The first-order valence-electron chi connectivity index (χ1n) is 12.6. The topological polar surface area (TPSA) is 3.24 Å². The van der Waals surface area contributed by atoms with Gasteiger partial charge in [-0.3, -0.25) is 0 Å². The number of benzene rings is 6. The van der Waals surface area contributed by atoms with E-state index < -0.39 is 11.6 Å². The van der Waals surface area contributed by atoms with Crippen LogP contribution in [-0.2, 0) is 0 Å². The Labute approximate surface area is 221 Å². The maximum Gasteiger partial charge on any atom is 0.154 e. The van der Waals surface area contributed by atoms with Gasteiger partial charge in [0.05, 0.1) is 11.4 Å². The molecule has 6 aromatic rings. The molecule has 6 rings (SSSR count). The fourth-order valence-corrected chi connectivity index (χ4v) is 5.04. The number of nitrogens with zero attached hydrogens (tertiary/aromatic N) is 1. The van der Waals surface area contributed by atoms with Gasteiger partial charge in [-0.25, -0.2) is 8.78 Å². The molecule has 0 unspecified atom stereocenters. The minimum atomic E-state index is -0.404. The number of hydrogen-bond donors (Lipinski definition) is 0. The van der Waals surface area contributed by atoms with E-state index in [2.05, 4.69) is 42.5 Å². The largest absolute Gasteiger partial charge is 0.340 e. The van der Waals surface area contributed by atoms with E-state index in [9.17, 15) is 4.39 Å². The third kappa shape index (κ3) is 4.33. The molecule has 0 amide bonds. The molecular weight excluding hydrogens is 472 g/mol. The predicted molar refractivity (Wildman–Crippen MR) is 155 cm³/mol. The number of fused-ring (bicyclic) bond motifs is 1. The monoisotopic (exact) mass is 497 g/mol. The molecule has 0 aliphatic heterocycles. The third-order valence-corrected chi connectivity index (χ3v) is 7.01. The van der Waals surface area contributed by atoms with Crippen LogP contribution < -0.4 is 4.90 Å². The van der Waals surface area contributed by atoms with Gasteiger partial charge in [0, 0.05) is 12.6 Å². The van der Waals surface area contributed by atoms with Gasteiger partial charge in [-0.2, -0.15) is 0 Å². The fourth-order valence-electron chi connectivity index (χ4n) is 5.04. The van der Waals surface area contributed by atoms with Gasteiger partial charge < -0.3 is 4.90 Å². The van der Waals surface area contributed by atoms with Crippen LogP contribution in [-0.4, -0.2) is 7.05 Å². The first kappa shape index (κ1) is 23.6. The summed E-state index contributed by atoms with van der Waals surface area (Å²) in [6.07, 6.45) is 0. The molecule has 0 aromatic heterocycles. The second-order valence-electron chi connectivity index (χ2n) is 9.34. The van der Waals surface area contributed by atoms with Gasteiger partial charge in [-0.15, -0.1) is 0 Å². The van der Waals surface area contributed by atoms with Crippen LogP contribution in [0.25, 0.3) is 44.2 Å². The van der Waals surface area contributed by atoms with Gasteiger partial charge in [0.15, 0.2) is 5.82 Å². The molecule has 1 nitrogen and oxygen atoms in total. The molecule has 0 spiro atoms. The molecule has 3 heteroatoms. The van der Waals surface area contributed by atoms with Crippen LogP contribution in [0.15, 0.2) is 133 Å². The van der Waals surface area contributed by atoms with E-state index in [4.69, 9.17) is 0 Å². The number of hydrogen-bond acceptors (Lipinski definition) is 1. The Morgan fingerprint density at radius 3 is 1.97 bits per heavy atom. The van der Waals surface area contributed by atoms with Crippen molar-refractivity contribution in [3.8, 4) is 33.4 Å². The summed E-state index contributed by atoms with van der Waals surface area (Å²) in [5.74, 6) is -0.796. The van der Waals surface area contributed by atoms with Crippen LogP contribution in [0, 0.1) is 11.6 Å². The van der Waals surface area contributed by atoms with Crippen LogP contribution in [0.4, 0.5) is 20.2 Å². The van der Waals surface area contributed by atoms with Crippen molar-refractivity contribution in [1.82, 2.24) is 0 Å². The second kappa shape index (κ2) is 9.95. The lowest BCUT2D eigenvalue weighted by molar-refractivity contribution is 0.619. The predicted octanol–water partition coefficient (Wildman–Crippen LogP) is 9.89. The Hall–Kier alpha value is -4.76. The quantitative estimate of drug-likeness (QED) is 0.229. The average molecular weight is 498 g/mol. The SMILES string of the molecule is CN(c1ccccc1F)c1cc(-c2cccc(-c3cccc4ccccc34)c2)cc(-c2ccccc2)c1F. The number of anilines is 2. The smallest absolute Gasteiger partial charge is 0.154 e. The van der Waals surface area contributed by atoms with Crippen molar-refractivity contribution in [3.05, 3.63) is 145 Å². The summed E-state index contributed by atoms with van der Waals surface area (Å²) in [6, 6.07) is 42.5. The zero-order valence-corrected chi connectivity index (χ0v) is 20.9. The lowest BCUT2D eigenvalue weighted by Gasteiger charge is -2.23. The van der Waals surface area contributed by atoms with Crippen molar-refractivity contribution < 1.29 is 8.78 Å². The maximum absolute atomic E-state index is 16.1. The van der Waals surface area contributed by atoms with Gasteiger partial charge in [-0.05, 0) is 68.9 Å². The highest BCUT2D eigenvalue weighted by Gasteiger charge is 2.19. The molecule has 0 saturated carbocycles. The Kier molecular flexibility index (Phi) is 6.19. The third-order valence-electron chi connectivity index (χ3n) is 7.01. The highest BCUT2D eigenvalue weighted by atomic mass is 19.1. The van der Waals surface area contributed by atoms with Crippen molar-refractivity contribution >= 4 is 22.1 Å². The molecule has 0 aliphatic rings. The van der Waals surface area contributed by atoms with Crippen molar-refractivity contribution in [2.24, 2.45) is 0 Å². The Balaban J connectivity index is 1.54. The van der Waals surface area contributed by atoms with Crippen LogP contribution in [0.1, 0.15) is 0 Å². The van der Waals surface area contributed by atoms with Crippen molar-refractivity contribution in [2.45, 2.75) is 0 Å². The molecule has 184 valence electrons. The normalized spacial score (nSPS) is 11.0. The molecule has 0 fully saturated rings. The Bertz CT molecular complexity index is 1750. The molecule has 0 aliphatic carbocycles. The summed E-state index contributed by atoms with van der Waals surface area (Å²) >= 11 is 0. The number of para-hydroxylation sites is 1. The standard InChI is InChI=1S/C35H25F2N/c1-38(33-20-8-7-19-32(33)36)34-23-28(22-31(35(34)37)25-11-3-2-4-12-25)26-15-9-16-27(21-26)30-18-10-14-24-13-5-6-17-29(24)30/h2-23H,1H3. The van der Waals surface area contributed by atoms with E-state index in [1.807, 2.05) is 60.7 Å². The minimum Gasteiger partial charge on any atom is -0.340 e. The van der Waals surface area contributed by atoms with Gasteiger partial charge in [-0.1, -0.05) is 103 Å². The summed E-state index contributed by atoms with van der Waals surface area (Å²) in [7, 11) is 1.70. The summed E-state index contributed by atoms with van der Waals surface area (Å²) < 4.78 is 30.8. The number of halogens is 2. The van der Waals surface area contributed by atoms with Crippen LogP contribution in [0.5, 0.6) is 0 Å². The Morgan fingerprint density at radius 1 is 0.474 bits per heavy atom. The summed E-state index contributed by atoms with van der Waals surface area (Å²) in [5.41, 5.74) is 5.88. The zero-order chi connectivity index (χ0) is 26.1. The molecule has 38 heavy (non-hydrogen) atoms. The van der Waals surface area contributed by atoms with Crippen LogP contribution in [0.3, 0.4) is 0 Å². The summed E-state index contributed by atoms with van der Waals surface area (Å²) in [4.78, 5) is 1.58. The van der Waals surface area contributed by atoms with E-state index in [-0.39, 0.29) is 0 Å². The van der Waals surface area contributed by atoms with Crippen LogP contribution >= 0.6 is 0 Å². The van der Waals surface area contributed by atoms with E-state index in [0.717, 1.165) is 27.8 Å². The molecule has 0 N–H and O–H groups in total. The van der Waals surface area contributed by atoms with Gasteiger partial charge in [0.25, 0.3) is 0 Å². The van der Waals surface area contributed by atoms with E-state index in [1.54, 1.807) is 36.2 Å². The minimum absolute atomic E-state index is 0.307. The summed E-state index contributed by atoms with van der Waals surface area (Å²) in [6.45, 7) is 0. The molecule has 6 aromatic carbocycles. The second-order valence-corrected chi connectivity index (χ2v) is 9.34. The molecule has 0 bridgehead atoms. The Morgan fingerprint density at radius 2 is 1.13 bits per heavy atom. The lowest BCUT2D eigenvalue weighted by atomic mass is 9.93. The van der Waals surface area contributed by atoms with E-state index in [1.165, 1.54) is 16.8 Å². The lowest BCUT2D eigenvalue weighted by Crippen LogP contribution is -2.13. The first-order valence-corrected chi connectivity index (χ1v) is 12.6. The highest BCUT2D eigenvalue weighted by molar-refractivity contribution is 5.97. The van der Waals surface area contributed by atoms with Crippen LogP contribution in [0.2, 0.25) is 0 Å². The van der Waals surface area contributed by atoms with Gasteiger partial charge in [0.2, 0.25) is 0 Å². The fraction of sp³-hybridized carbons (Fsp3) is 0.0286. The number of rotatable bonds is 5. The van der Waals surface area contributed by atoms with Gasteiger partial charge in [0.1, 0.15) is 5.82 Å². The van der Waals surface area contributed by atoms with Gasteiger partial charge >= 0.3 is 0 Å². The van der Waals surface area contributed by atoms with Crippen molar-refractivity contribution in [1.29, 1.82) is 0 Å². The maximum atomic E-state index is 16.1. The average Bonchev–Trinajstić information content (AvgIpc) is 2.97. The molecular formula is C35H25F2N. The van der Waals surface area contributed by atoms with Crippen molar-refractivity contribution in [2.75, 3.05) is 11.9 Å². The van der Waals surface area contributed by atoms with E-state index >= 15 is 4.39 Å². The molecule has 0 radical (unpaired) electrons. The summed E-state index contributed by atoms with van der Waals surface area (Å²) in [5, 5.41) is 2.36. The van der Waals surface area contributed by atoms with Crippen molar-refractivity contribution in [3.63, 3.8) is 0 Å². The highest BCUT2D eigenvalue weighted by Crippen LogP contribution is 2.39. The zero-order valence-electron chi connectivity index (χ0n) is 20.9. The molecule has 0 saturated heterocycles. The first-order chi connectivity index (χ1) is 18.6. The molecule has 0 heterocycles.